The van der Waals surface area contributed by atoms with E-state index in [-0.39, 0.29) is 5.41 Å². The molecule has 0 saturated carbocycles. The summed E-state index contributed by atoms with van der Waals surface area (Å²) in [6.07, 6.45) is 13.3. The minimum Gasteiger partial charge on any atom is -0.309 e. The van der Waals surface area contributed by atoms with E-state index in [0.717, 1.165) is 35.4 Å². The molecule has 5 heteroatoms. The molecule has 1 aliphatic carbocycles. The van der Waals surface area contributed by atoms with E-state index in [9.17, 15) is 0 Å². The highest BCUT2D eigenvalue weighted by Gasteiger charge is 2.34. The minimum absolute atomic E-state index is 0.00813. The first kappa shape index (κ1) is 19.4. The number of nitrogens with zero attached hydrogens (tertiary/aromatic N) is 1. The molecule has 0 radical (unpaired) electrons. The summed E-state index contributed by atoms with van der Waals surface area (Å²) in [5.74, 6) is 0.462. The van der Waals surface area contributed by atoms with Gasteiger partial charge < -0.3 is 5.41 Å². The first-order chi connectivity index (χ1) is 11.0. The number of hydrogen-bond donors (Lipinski definition) is 2. The molecule has 2 N–H and O–H groups in total. The lowest BCUT2D eigenvalue weighted by Crippen LogP contribution is -2.10. The van der Waals surface area contributed by atoms with Crippen LogP contribution < -0.4 is 0 Å². The quantitative estimate of drug-likeness (QED) is 0.161. The van der Waals surface area contributed by atoms with Gasteiger partial charge in [0, 0.05) is 29.7 Å². The van der Waals surface area contributed by atoms with Gasteiger partial charge in [-0.25, -0.2) is 5.26 Å². The maximum Gasteiger partial charge on any atom is 0.0603 e. The lowest BCUT2D eigenvalue weighted by atomic mass is 9.85. The number of nitrogens with one attached hydrogen (secondary N) is 1. The maximum absolute atomic E-state index is 8.40. The van der Waals surface area contributed by atoms with E-state index in [1.807, 2.05) is 25.2 Å². The van der Waals surface area contributed by atoms with Gasteiger partial charge in [-0.15, -0.1) is 0 Å². The Bertz CT molecular complexity index is 596. The molecule has 23 heavy (non-hydrogen) atoms. The van der Waals surface area contributed by atoms with Crippen LogP contribution in [0.4, 0.5) is 0 Å². The second kappa shape index (κ2) is 9.45. The highest BCUT2D eigenvalue weighted by atomic mass is 32.2. The topological polar surface area (TPSA) is 65.7 Å². The molecule has 4 nitrogen and oxygen atoms in total. The van der Waals surface area contributed by atoms with Gasteiger partial charge in [-0.2, -0.15) is 4.33 Å². The molecule has 0 aromatic carbocycles. The Labute approximate surface area is 142 Å². The predicted molar refractivity (Wildman–Crippen MR) is 100 cm³/mol. The van der Waals surface area contributed by atoms with Crippen LogP contribution in [0.25, 0.3) is 0 Å². The largest absolute Gasteiger partial charge is 0.309 e. The summed E-state index contributed by atoms with van der Waals surface area (Å²) in [6.45, 7) is 10.3. The van der Waals surface area contributed by atoms with E-state index in [4.69, 9.17) is 15.7 Å². The lowest BCUT2D eigenvalue weighted by molar-refractivity contribution is -0.116. The fourth-order valence-electron chi connectivity index (χ4n) is 2.54. The zero-order valence-electron chi connectivity index (χ0n) is 13.9. The second-order valence-corrected chi connectivity index (χ2v) is 6.38. The van der Waals surface area contributed by atoms with E-state index in [0.29, 0.717) is 5.75 Å². The summed E-state index contributed by atoms with van der Waals surface area (Å²) in [4.78, 5) is 4.74. The van der Waals surface area contributed by atoms with E-state index >= 15 is 0 Å². The van der Waals surface area contributed by atoms with Crippen LogP contribution in [-0.4, -0.2) is 22.9 Å². The van der Waals surface area contributed by atoms with Gasteiger partial charge in [-0.1, -0.05) is 38.7 Å². The second-order valence-electron chi connectivity index (χ2n) is 5.66. The molecule has 0 aliphatic heterocycles. The van der Waals surface area contributed by atoms with Crippen molar-refractivity contribution < 1.29 is 9.59 Å². The highest BCUT2D eigenvalue weighted by Crippen LogP contribution is 2.42. The normalized spacial score (nSPS) is 20.2. The molecule has 0 bridgehead atoms. The van der Waals surface area contributed by atoms with Gasteiger partial charge in [-0.05, 0) is 48.1 Å². The van der Waals surface area contributed by atoms with E-state index < -0.39 is 0 Å². The van der Waals surface area contributed by atoms with Crippen molar-refractivity contribution in [2.24, 2.45) is 10.4 Å². The zero-order chi connectivity index (χ0) is 17.3. The van der Waals surface area contributed by atoms with Crippen LogP contribution in [0.3, 0.4) is 0 Å². The molecule has 0 fully saturated rings. The Kier molecular flexibility index (Phi) is 7.95. The molecular weight excluding hydrogens is 308 g/mol. The fraction of sp³-hybridized carbons (Fsp3) is 0.333. The van der Waals surface area contributed by atoms with E-state index in [2.05, 4.69) is 30.8 Å². The van der Waals surface area contributed by atoms with Crippen molar-refractivity contribution in [2.45, 2.75) is 27.2 Å². The third-order valence-electron chi connectivity index (χ3n) is 3.52. The van der Waals surface area contributed by atoms with Gasteiger partial charge in [0.05, 0.1) is 5.70 Å². The van der Waals surface area contributed by atoms with Gasteiger partial charge in [0.15, 0.2) is 0 Å². The fourth-order valence-corrected chi connectivity index (χ4v) is 2.84. The molecule has 1 rings (SSSR count). The average Bonchev–Trinajstić information content (AvgIpc) is 2.75. The van der Waals surface area contributed by atoms with Crippen LogP contribution in [0.1, 0.15) is 27.2 Å². The van der Waals surface area contributed by atoms with E-state index in [1.165, 1.54) is 11.8 Å². The molecule has 0 heterocycles. The van der Waals surface area contributed by atoms with Crippen LogP contribution in [0, 0.1) is 10.8 Å². The summed E-state index contributed by atoms with van der Waals surface area (Å²) >= 11 is 0.918. The summed E-state index contributed by atoms with van der Waals surface area (Å²) in [5, 5.41) is 15.5. The van der Waals surface area contributed by atoms with Crippen LogP contribution in [0.5, 0.6) is 0 Å². The third kappa shape index (κ3) is 5.46. The molecule has 0 amide bonds. The Balaban J connectivity index is 3.25. The van der Waals surface area contributed by atoms with Gasteiger partial charge in [0.25, 0.3) is 0 Å². The molecule has 0 saturated heterocycles. The van der Waals surface area contributed by atoms with Crippen LogP contribution in [0.2, 0.25) is 0 Å². The van der Waals surface area contributed by atoms with Crippen molar-refractivity contribution in [2.75, 3.05) is 5.75 Å². The maximum atomic E-state index is 8.40. The minimum atomic E-state index is 0.00813. The molecule has 0 atom stereocenters. The molecule has 0 aromatic heterocycles. The van der Waals surface area contributed by atoms with Crippen LogP contribution >= 0.6 is 12.0 Å². The Morgan fingerprint density at radius 3 is 2.83 bits per heavy atom. The van der Waals surface area contributed by atoms with Crippen molar-refractivity contribution >= 4 is 24.0 Å². The molecule has 1 aliphatic rings. The van der Waals surface area contributed by atoms with Gasteiger partial charge in [0.2, 0.25) is 0 Å². The molecule has 124 valence electrons. The smallest absolute Gasteiger partial charge is 0.0603 e. The van der Waals surface area contributed by atoms with Crippen molar-refractivity contribution in [3.8, 4) is 0 Å². The lowest BCUT2D eigenvalue weighted by Gasteiger charge is -2.19. The monoisotopic (exact) mass is 332 g/mol. The first-order valence-corrected chi connectivity index (χ1v) is 8.29. The number of hydrogen-bond acceptors (Lipinski definition) is 5. The highest BCUT2D eigenvalue weighted by molar-refractivity contribution is 7.94. The van der Waals surface area contributed by atoms with E-state index in [1.54, 1.807) is 12.2 Å². The molecule has 0 spiro atoms. The van der Waals surface area contributed by atoms with Crippen molar-refractivity contribution in [1.29, 1.82) is 5.41 Å². The summed E-state index contributed by atoms with van der Waals surface area (Å²) < 4.78 is 4.01. The van der Waals surface area contributed by atoms with Gasteiger partial charge >= 0.3 is 0 Å². The van der Waals surface area contributed by atoms with Crippen LogP contribution in [-0.2, 0) is 4.33 Å². The van der Waals surface area contributed by atoms with Gasteiger partial charge in [0.1, 0.15) is 0 Å². The summed E-state index contributed by atoms with van der Waals surface area (Å²) in [6, 6.07) is 0. The molecule has 0 unspecified atom stereocenters. The number of allylic oxidation sites excluding steroid dienone is 7. The first-order valence-electron chi connectivity index (χ1n) is 7.38. The number of aliphatic imine (C=N–C) groups is 1. The predicted octanol–water partition coefficient (Wildman–Crippen LogP) is 5.14. The standard InChI is InChI=1S/C18H24N2O2S/c1-5-8-16-15(6-2)17(13-18(16,3)4)20-14(9-7-11-19)10-12-23-22-21/h5-11,19,21H,2,12-13H2,1,3-4H3/b8-5-,9-7-,14-10+,19-11?,20-17+. The molecule has 0 aromatic rings. The Morgan fingerprint density at radius 2 is 2.26 bits per heavy atom. The van der Waals surface area contributed by atoms with Crippen LogP contribution in [0.15, 0.2) is 64.9 Å². The summed E-state index contributed by atoms with van der Waals surface area (Å²) in [5.41, 5.74) is 4.01. The Morgan fingerprint density at radius 1 is 1.52 bits per heavy atom. The third-order valence-corrected chi connectivity index (χ3v) is 3.93. The Hall–Kier alpha value is -1.69. The molecular formula is C18H24N2O2S. The van der Waals surface area contributed by atoms with Crippen molar-refractivity contribution in [3.63, 3.8) is 0 Å². The zero-order valence-corrected chi connectivity index (χ0v) is 14.7. The SMILES string of the molecule is C=CC1=C(/C=C\C)C(C)(C)C\C1=N/C(/C=C\C=N)=C/CSOO. The van der Waals surface area contributed by atoms with Gasteiger partial charge in [-0.3, -0.25) is 4.99 Å². The number of rotatable bonds is 8. The van der Waals surface area contributed by atoms with Crippen molar-refractivity contribution in [3.05, 3.63) is 59.9 Å². The summed E-state index contributed by atoms with van der Waals surface area (Å²) in [7, 11) is 0. The van der Waals surface area contributed by atoms with Crippen molar-refractivity contribution in [1.82, 2.24) is 0 Å². The average molecular weight is 332 g/mol.